The Morgan fingerprint density at radius 3 is 2.21 bits per heavy atom. The molecule has 0 bridgehead atoms. The molecule has 0 saturated carbocycles. The molecule has 0 fully saturated rings. The fraction of sp³-hybridized carbons (Fsp3) is 0.192. The highest BCUT2D eigenvalue weighted by Gasteiger charge is 2.29. The number of ether oxygens (including phenoxy) is 1. The third-order valence-corrected chi connectivity index (χ3v) is 5.57. The minimum atomic E-state index is -0.992. The normalized spacial score (nSPS) is 12.9. The molecule has 0 spiro atoms. The molecule has 4 rings (SSSR count). The lowest BCUT2D eigenvalue weighted by Crippen LogP contribution is -2.34. The quantitative estimate of drug-likeness (QED) is 0.492. The Balaban J connectivity index is 1.39. The standard InChI is InChI=1S/C26H24N2O5/c1-16(13-24(29)30)27-25(31)17-7-6-8-18(14-17)28-26(32)33-15-23-21-11-4-2-9-19(21)20-10-3-5-12-22(20)23/h2-12,14,16,23H,13,15H2,1H3,(H,27,31)(H,28,32)(H,29,30)/t16-/m0/s1. The van der Waals surface area contributed by atoms with E-state index in [0.717, 1.165) is 22.3 Å². The van der Waals surface area contributed by atoms with Gasteiger partial charge in [-0.3, -0.25) is 14.9 Å². The van der Waals surface area contributed by atoms with E-state index < -0.39 is 24.0 Å². The van der Waals surface area contributed by atoms with Crippen LogP contribution in [-0.2, 0) is 9.53 Å². The Labute approximate surface area is 191 Å². The van der Waals surface area contributed by atoms with Gasteiger partial charge in [0, 0.05) is 23.2 Å². The Morgan fingerprint density at radius 1 is 0.939 bits per heavy atom. The van der Waals surface area contributed by atoms with Crippen LogP contribution >= 0.6 is 0 Å². The number of amides is 2. The van der Waals surface area contributed by atoms with Crippen LogP contribution in [0.1, 0.15) is 40.7 Å². The highest BCUT2D eigenvalue weighted by molar-refractivity contribution is 5.96. The third kappa shape index (κ3) is 5.03. The monoisotopic (exact) mass is 444 g/mol. The molecule has 3 aromatic carbocycles. The summed E-state index contributed by atoms with van der Waals surface area (Å²) in [4.78, 5) is 35.6. The zero-order valence-electron chi connectivity index (χ0n) is 18.1. The SMILES string of the molecule is C[C@@H](CC(=O)O)NC(=O)c1cccc(NC(=O)OCC2c3ccccc3-c3ccccc32)c1. The molecule has 1 atom stereocenters. The lowest BCUT2D eigenvalue weighted by atomic mass is 9.98. The van der Waals surface area contributed by atoms with E-state index in [1.807, 2.05) is 24.3 Å². The summed E-state index contributed by atoms with van der Waals surface area (Å²) in [6.45, 7) is 1.80. The van der Waals surface area contributed by atoms with Gasteiger partial charge in [0.25, 0.3) is 5.91 Å². The van der Waals surface area contributed by atoms with Crippen molar-refractivity contribution in [3.63, 3.8) is 0 Å². The van der Waals surface area contributed by atoms with Gasteiger partial charge < -0.3 is 15.2 Å². The Kier molecular flexibility index (Phi) is 6.40. The molecule has 0 aliphatic heterocycles. The first kappa shape index (κ1) is 22.1. The summed E-state index contributed by atoms with van der Waals surface area (Å²) in [5, 5.41) is 14.1. The number of fused-ring (bicyclic) bond motifs is 3. The number of rotatable bonds is 7. The first-order chi connectivity index (χ1) is 15.9. The third-order valence-electron chi connectivity index (χ3n) is 5.57. The molecule has 3 aromatic rings. The second-order valence-corrected chi connectivity index (χ2v) is 8.00. The summed E-state index contributed by atoms with van der Waals surface area (Å²) in [6, 6.07) is 22.1. The van der Waals surface area contributed by atoms with Crippen LogP contribution < -0.4 is 10.6 Å². The first-order valence-corrected chi connectivity index (χ1v) is 10.7. The molecule has 168 valence electrons. The summed E-state index contributed by atoms with van der Waals surface area (Å²) in [7, 11) is 0. The molecule has 0 heterocycles. The van der Waals surface area contributed by atoms with E-state index >= 15 is 0 Å². The van der Waals surface area contributed by atoms with Gasteiger partial charge in [0.05, 0.1) is 6.42 Å². The Morgan fingerprint density at radius 2 is 1.58 bits per heavy atom. The maximum Gasteiger partial charge on any atom is 0.411 e. The molecule has 0 saturated heterocycles. The van der Waals surface area contributed by atoms with Crippen molar-refractivity contribution in [2.45, 2.75) is 25.3 Å². The van der Waals surface area contributed by atoms with Gasteiger partial charge >= 0.3 is 12.1 Å². The number of carbonyl (C=O) groups is 3. The first-order valence-electron chi connectivity index (χ1n) is 10.7. The van der Waals surface area contributed by atoms with Gasteiger partial charge in [-0.1, -0.05) is 54.6 Å². The van der Waals surface area contributed by atoms with E-state index in [0.29, 0.717) is 11.3 Å². The summed E-state index contributed by atoms with van der Waals surface area (Å²) in [6.07, 6.45) is -0.794. The lowest BCUT2D eigenvalue weighted by Gasteiger charge is -2.15. The van der Waals surface area contributed by atoms with E-state index in [1.165, 1.54) is 6.07 Å². The molecule has 33 heavy (non-hydrogen) atoms. The van der Waals surface area contributed by atoms with Crippen LogP contribution in [0, 0.1) is 0 Å². The predicted molar refractivity (Wildman–Crippen MR) is 124 cm³/mol. The fourth-order valence-electron chi connectivity index (χ4n) is 4.11. The zero-order chi connectivity index (χ0) is 23.4. The molecule has 1 aliphatic rings. The number of anilines is 1. The maximum absolute atomic E-state index is 12.5. The minimum Gasteiger partial charge on any atom is -0.481 e. The number of hydrogen-bond acceptors (Lipinski definition) is 4. The van der Waals surface area contributed by atoms with Crippen LogP contribution in [0.2, 0.25) is 0 Å². The van der Waals surface area contributed by atoms with E-state index in [4.69, 9.17) is 9.84 Å². The number of carbonyl (C=O) groups excluding carboxylic acids is 2. The molecule has 7 nitrogen and oxygen atoms in total. The van der Waals surface area contributed by atoms with Crippen LogP contribution in [-0.4, -0.2) is 35.7 Å². The molecule has 1 aliphatic carbocycles. The predicted octanol–water partition coefficient (Wildman–Crippen LogP) is 4.64. The summed E-state index contributed by atoms with van der Waals surface area (Å²) in [5.41, 5.74) is 5.27. The number of aliphatic carboxylic acids is 1. The average Bonchev–Trinajstić information content (AvgIpc) is 3.11. The number of nitrogens with one attached hydrogen (secondary N) is 2. The van der Waals surface area contributed by atoms with Crippen LogP contribution in [0.25, 0.3) is 11.1 Å². The van der Waals surface area contributed by atoms with Crippen molar-refractivity contribution < 1.29 is 24.2 Å². The Hall–Kier alpha value is -4.13. The largest absolute Gasteiger partial charge is 0.481 e. The number of carboxylic acid groups (broad SMARTS) is 1. The smallest absolute Gasteiger partial charge is 0.411 e. The topological polar surface area (TPSA) is 105 Å². The van der Waals surface area contributed by atoms with Crippen molar-refractivity contribution >= 4 is 23.7 Å². The van der Waals surface area contributed by atoms with E-state index in [2.05, 4.69) is 34.9 Å². The minimum absolute atomic E-state index is 0.0454. The molecule has 0 radical (unpaired) electrons. The van der Waals surface area contributed by atoms with Crippen molar-refractivity contribution in [2.24, 2.45) is 0 Å². The van der Waals surface area contributed by atoms with Gasteiger partial charge in [0.15, 0.2) is 0 Å². The summed E-state index contributed by atoms with van der Waals surface area (Å²) in [5.74, 6) is -1.45. The zero-order valence-corrected chi connectivity index (χ0v) is 18.1. The number of hydrogen-bond donors (Lipinski definition) is 3. The van der Waals surface area contributed by atoms with Crippen molar-refractivity contribution in [1.82, 2.24) is 5.32 Å². The summed E-state index contributed by atoms with van der Waals surface area (Å²) < 4.78 is 5.54. The van der Waals surface area contributed by atoms with Crippen molar-refractivity contribution in [3.8, 4) is 11.1 Å². The van der Waals surface area contributed by atoms with Crippen molar-refractivity contribution in [3.05, 3.63) is 89.5 Å². The number of carboxylic acids is 1. The van der Waals surface area contributed by atoms with Gasteiger partial charge in [-0.2, -0.15) is 0 Å². The lowest BCUT2D eigenvalue weighted by molar-refractivity contribution is -0.137. The summed E-state index contributed by atoms with van der Waals surface area (Å²) >= 11 is 0. The highest BCUT2D eigenvalue weighted by atomic mass is 16.5. The fourth-order valence-corrected chi connectivity index (χ4v) is 4.11. The van der Waals surface area contributed by atoms with Gasteiger partial charge in [-0.15, -0.1) is 0 Å². The Bertz CT molecular complexity index is 1160. The van der Waals surface area contributed by atoms with Gasteiger partial charge in [-0.25, -0.2) is 4.79 Å². The van der Waals surface area contributed by atoms with Gasteiger partial charge in [-0.05, 0) is 47.4 Å². The van der Waals surface area contributed by atoms with Crippen LogP contribution in [0.4, 0.5) is 10.5 Å². The van der Waals surface area contributed by atoms with E-state index in [-0.39, 0.29) is 18.9 Å². The van der Waals surface area contributed by atoms with Crippen LogP contribution in [0.5, 0.6) is 0 Å². The second kappa shape index (κ2) is 9.56. The van der Waals surface area contributed by atoms with Crippen molar-refractivity contribution in [2.75, 3.05) is 11.9 Å². The maximum atomic E-state index is 12.5. The molecule has 3 N–H and O–H groups in total. The molecule has 0 aromatic heterocycles. The molecule has 7 heteroatoms. The number of benzene rings is 3. The van der Waals surface area contributed by atoms with E-state index in [9.17, 15) is 14.4 Å². The average molecular weight is 444 g/mol. The van der Waals surface area contributed by atoms with E-state index in [1.54, 1.807) is 25.1 Å². The molecule has 2 amide bonds. The van der Waals surface area contributed by atoms with Crippen molar-refractivity contribution in [1.29, 1.82) is 0 Å². The molecular weight excluding hydrogens is 420 g/mol. The van der Waals surface area contributed by atoms with Crippen LogP contribution in [0.3, 0.4) is 0 Å². The van der Waals surface area contributed by atoms with Gasteiger partial charge in [0.2, 0.25) is 0 Å². The highest BCUT2D eigenvalue weighted by Crippen LogP contribution is 2.44. The van der Waals surface area contributed by atoms with Crippen LogP contribution in [0.15, 0.2) is 72.8 Å². The molecular formula is C26H24N2O5. The van der Waals surface area contributed by atoms with Gasteiger partial charge in [0.1, 0.15) is 6.61 Å². The second-order valence-electron chi connectivity index (χ2n) is 8.00. The molecule has 0 unspecified atom stereocenters.